The summed E-state index contributed by atoms with van der Waals surface area (Å²) in [6.07, 6.45) is 2.04. The molecule has 3 amide bonds. The summed E-state index contributed by atoms with van der Waals surface area (Å²) in [5, 5.41) is 14.4. The van der Waals surface area contributed by atoms with Crippen molar-refractivity contribution < 1.29 is 19.5 Å². The Morgan fingerprint density at radius 2 is 2.10 bits per heavy atom. The Hall–Kier alpha value is -1.79. The first-order valence-corrected chi connectivity index (χ1v) is 6.96. The number of aliphatic carboxylic acids is 1. The minimum absolute atomic E-state index is 0.0100. The van der Waals surface area contributed by atoms with Gasteiger partial charge in [0.25, 0.3) is 0 Å². The monoisotopic (exact) mass is 285 g/mol. The normalized spacial score (nSPS) is 19.5. The maximum absolute atomic E-state index is 11.9. The molecular weight excluding hydrogens is 262 g/mol. The number of carboxylic acids is 1. The Bertz CT molecular complexity index is 373. The minimum atomic E-state index is -0.885. The summed E-state index contributed by atoms with van der Waals surface area (Å²) in [6, 6.07) is -0.274. The molecule has 0 saturated carbocycles. The van der Waals surface area contributed by atoms with Gasteiger partial charge in [-0.3, -0.25) is 9.59 Å². The summed E-state index contributed by atoms with van der Waals surface area (Å²) in [6.45, 7) is 4.55. The van der Waals surface area contributed by atoms with E-state index in [0.29, 0.717) is 19.5 Å². The van der Waals surface area contributed by atoms with Gasteiger partial charge in [0, 0.05) is 32.6 Å². The number of likely N-dealkylation sites (tertiary alicyclic amines) is 1. The molecule has 0 aliphatic carbocycles. The molecule has 0 spiro atoms. The Kier molecular flexibility index (Phi) is 6.27. The van der Waals surface area contributed by atoms with E-state index in [4.69, 9.17) is 5.11 Å². The van der Waals surface area contributed by atoms with Crippen LogP contribution in [0.25, 0.3) is 0 Å². The van der Waals surface area contributed by atoms with Gasteiger partial charge in [-0.25, -0.2) is 4.79 Å². The number of nitrogens with zero attached hydrogens (tertiary/aromatic N) is 1. The summed E-state index contributed by atoms with van der Waals surface area (Å²) in [7, 11) is 0. The lowest BCUT2D eigenvalue weighted by atomic mass is 10.0. The van der Waals surface area contributed by atoms with E-state index in [9.17, 15) is 14.4 Å². The average molecular weight is 285 g/mol. The van der Waals surface area contributed by atoms with E-state index in [2.05, 4.69) is 10.6 Å². The van der Waals surface area contributed by atoms with E-state index in [0.717, 1.165) is 12.8 Å². The van der Waals surface area contributed by atoms with Gasteiger partial charge in [0.05, 0.1) is 5.92 Å². The van der Waals surface area contributed by atoms with Gasteiger partial charge in [0.1, 0.15) is 0 Å². The number of carbonyl (C=O) groups is 3. The Labute approximate surface area is 118 Å². The second-order valence-corrected chi connectivity index (χ2v) is 5.14. The number of carboxylic acid groups (broad SMARTS) is 1. The number of amides is 3. The van der Waals surface area contributed by atoms with Crippen molar-refractivity contribution >= 4 is 17.9 Å². The molecule has 1 aliphatic heterocycles. The number of rotatable bonds is 6. The molecule has 1 heterocycles. The van der Waals surface area contributed by atoms with Crippen molar-refractivity contribution in [2.24, 2.45) is 5.92 Å². The highest BCUT2D eigenvalue weighted by Gasteiger charge is 2.27. The predicted octanol–water partition coefficient (Wildman–Crippen LogP) is 0.407. The highest BCUT2D eigenvalue weighted by Crippen LogP contribution is 2.10. The van der Waals surface area contributed by atoms with Crippen LogP contribution in [0, 0.1) is 5.92 Å². The summed E-state index contributed by atoms with van der Waals surface area (Å²) >= 11 is 0. The SMILES string of the molecule is CCCC(CNC(=O)N1CCC(NC(C)=O)C1)C(=O)O. The molecule has 7 heteroatoms. The third kappa shape index (κ3) is 5.07. The van der Waals surface area contributed by atoms with Crippen LogP contribution < -0.4 is 10.6 Å². The fourth-order valence-corrected chi connectivity index (χ4v) is 2.33. The maximum atomic E-state index is 11.9. The molecule has 114 valence electrons. The van der Waals surface area contributed by atoms with Crippen LogP contribution in [-0.4, -0.2) is 53.6 Å². The van der Waals surface area contributed by atoms with Crippen molar-refractivity contribution in [3.8, 4) is 0 Å². The van der Waals surface area contributed by atoms with Gasteiger partial charge in [-0.15, -0.1) is 0 Å². The van der Waals surface area contributed by atoms with Crippen LogP contribution in [-0.2, 0) is 9.59 Å². The largest absolute Gasteiger partial charge is 0.481 e. The highest BCUT2D eigenvalue weighted by atomic mass is 16.4. The van der Waals surface area contributed by atoms with Crippen molar-refractivity contribution in [2.45, 2.75) is 39.2 Å². The lowest BCUT2D eigenvalue weighted by molar-refractivity contribution is -0.141. The Balaban J connectivity index is 2.36. The fourth-order valence-electron chi connectivity index (χ4n) is 2.33. The van der Waals surface area contributed by atoms with E-state index in [1.165, 1.54) is 6.92 Å². The molecule has 2 atom stereocenters. The first-order valence-electron chi connectivity index (χ1n) is 6.96. The summed E-state index contributed by atoms with van der Waals surface area (Å²) in [5.41, 5.74) is 0. The lowest BCUT2D eigenvalue weighted by Crippen LogP contribution is -2.43. The van der Waals surface area contributed by atoms with Gasteiger partial charge in [0.15, 0.2) is 0 Å². The second-order valence-electron chi connectivity index (χ2n) is 5.14. The topological polar surface area (TPSA) is 98.7 Å². The van der Waals surface area contributed by atoms with E-state index in [1.54, 1.807) is 4.90 Å². The number of carbonyl (C=O) groups excluding carboxylic acids is 2. The average Bonchev–Trinajstić information content (AvgIpc) is 2.81. The third-order valence-corrected chi connectivity index (χ3v) is 3.37. The molecular formula is C13H23N3O4. The molecule has 1 saturated heterocycles. The Morgan fingerprint density at radius 1 is 1.40 bits per heavy atom. The fraction of sp³-hybridized carbons (Fsp3) is 0.769. The minimum Gasteiger partial charge on any atom is -0.481 e. The molecule has 3 N–H and O–H groups in total. The van der Waals surface area contributed by atoms with Crippen LogP contribution in [0.15, 0.2) is 0 Å². The zero-order valence-electron chi connectivity index (χ0n) is 12.0. The molecule has 7 nitrogen and oxygen atoms in total. The van der Waals surface area contributed by atoms with Gasteiger partial charge < -0.3 is 20.6 Å². The summed E-state index contributed by atoms with van der Waals surface area (Å²) in [4.78, 5) is 35.4. The molecule has 20 heavy (non-hydrogen) atoms. The van der Waals surface area contributed by atoms with Crippen molar-refractivity contribution in [3.63, 3.8) is 0 Å². The first kappa shape index (κ1) is 16.3. The smallest absolute Gasteiger partial charge is 0.317 e. The number of hydrogen-bond donors (Lipinski definition) is 3. The number of hydrogen-bond acceptors (Lipinski definition) is 3. The molecule has 2 unspecified atom stereocenters. The zero-order chi connectivity index (χ0) is 15.1. The first-order chi connectivity index (χ1) is 9.43. The van der Waals surface area contributed by atoms with Crippen LogP contribution >= 0.6 is 0 Å². The summed E-state index contributed by atoms with van der Waals surface area (Å²) < 4.78 is 0. The van der Waals surface area contributed by atoms with Crippen molar-refractivity contribution in [2.75, 3.05) is 19.6 Å². The molecule has 1 aliphatic rings. The second kappa shape index (κ2) is 7.72. The zero-order valence-corrected chi connectivity index (χ0v) is 12.0. The van der Waals surface area contributed by atoms with Gasteiger partial charge in [-0.2, -0.15) is 0 Å². The van der Waals surface area contributed by atoms with Crippen LogP contribution in [0.3, 0.4) is 0 Å². The quantitative estimate of drug-likeness (QED) is 0.658. The Morgan fingerprint density at radius 3 is 2.65 bits per heavy atom. The van der Waals surface area contributed by atoms with Crippen LogP contribution in [0.2, 0.25) is 0 Å². The number of urea groups is 1. The van der Waals surface area contributed by atoms with E-state index in [-0.39, 0.29) is 24.5 Å². The highest BCUT2D eigenvalue weighted by molar-refractivity contribution is 5.77. The van der Waals surface area contributed by atoms with E-state index in [1.807, 2.05) is 6.92 Å². The molecule has 0 aromatic carbocycles. The molecule has 1 fully saturated rings. The molecule has 0 radical (unpaired) electrons. The van der Waals surface area contributed by atoms with E-state index >= 15 is 0 Å². The van der Waals surface area contributed by atoms with Crippen molar-refractivity contribution in [1.82, 2.24) is 15.5 Å². The van der Waals surface area contributed by atoms with Crippen LogP contribution in [0.4, 0.5) is 4.79 Å². The number of nitrogens with one attached hydrogen (secondary N) is 2. The van der Waals surface area contributed by atoms with Crippen LogP contribution in [0.1, 0.15) is 33.1 Å². The van der Waals surface area contributed by atoms with Gasteiger partial charge in [0.2, 0.25) is 5.91 Å². The van der Waals surface area contributed by atoms with E-state index < -0.39 is 11.9 Å². The molecule has 1 rings (SSSR count). The molecule has 0 aromatic rings. The molecule has 0 bridgehead atoms. The lowest BCUT2D eigenvalue weighted by Gasteiger charge is -2.19. The van der Waals surface area contributed by atoms with Gasteiger partial charge in [-0.1, -0.05) is 13.3 Å². The van der Waals surface area contributed by atoms with Crippen molar-refractivity contribution in [1.29, 1.82) is 0 Å². The molecule has 0 aromatic heterocycles. The standard InChI is InChI=1S/C13H23N3O4/c1-3-4-10(12(18)19)7-14-13(20)16-6-5-11(8-16)15-9(2)17/h10-11H,3-8H2,1-2H3,(H,14,20)(H,15,17)(H,18,19). The summed E-state index contributed by atoms with van der Waals surface area (Å²) in [5.74, 6) is -1.53. The maximum Gasteiger partial charge on any atom is 0.317 e. The third-order valence-electron chi connectivity index (χ3n) is 3.37. The van der Waals surface area contributed by atoms with Gasteiger partial charge >= 0.3 is 12.0 Å². The predicted molar refractivity (Wildman–Crippen MR) is 73.2 cm³/mol. The van der Waals surface area contributed by atoms with Crippen molar-refractivity contribution in [3.05, 3.63) is 0 Å². The van der Waals surface area contributed by atoms with Crippen LogP contribution in [0.5, 0.6) is 0 Å². The van der Waals surface area contributed by atoms with Gasteiger partial charge in [-0.05, 0) is 12.8 Å².